The molecule has 0 atom stereocenters. The third-order valence-electron chi connectivity index (χ3n) is 6.98. The SMILES string of the molecule is CC1CCC(CCc2ccc(OC(F)(F)c3ccc(-c4cc(F)c(C#N)c(F)c4)c(F)c3)c(F)c2)CC1. The van der Waals surface area contributed by atoms with Crippen LogP contribution in [0.25, 0.3) is 11.1 Å². The van der Waals surface area contributed by atoms with E-state index in [1.165, 1.54) is 31.0 Å². The summed E-state index contributed by atoms with van der Waals surface area (Å²) in [5, 5.41) is 8.76. The molecule has 1 aliphatic rings. The normalized spacial score (nSPS) is 17.9. The van der Waals surface area contributed by atoms with E-state index in [-0.39, 0.29) is 11.1 Å². The van der Waals surface area contributed by atoms with Crippen LogP contribution in [0, 0.1) is 46.4 Å². The summed E-state index contributed by atoms with van der Waals surface area (Å²) < 4.78 is 91.2. The molecule has 4 rings (SSSR count). The molecule has 37 heavy (non-hydrogen) atoms. The Labute approximate surface area is 211 Å². The van der Waals surface area contributed by atoms with Crippen molar-refractivity contribution in [3.8, 4) is 22.9 Å². The number of nitrogens with zero attached hydrogens (tertiary/aromatic N) is 1. The van der Waals surface area contributed by atoms with Crippen LogP contribution in [0.4, 0.5) is 26.3 Å². The predicted octanol–water partition coefficient (Wildman–Crippen LogP) is 8.67. The Hall–Kier alpha value is -3.47. The first-order valence-corrected chi connectivity index (χ1v) is 12.1. The zero-order valence-corrected chi connectivity index (χ0v) is 20.1. The minimum Gasteiger partial charge on any atom is -0.426 e. The van der Waals surface area contributed by atoms with Gasteiger partial charge in [-0.05, 0) is 72.2 Å². The van der Waals surface area contributed by atoms with Gasteiger partial charge < -0.3 is 4.74 Å². The fraction of sp³-hybridized carbons (Fsp3) is 0.345. The smallest absolute Gasteiger partial charge is 0.426 e. The molecule has 0 heterocycles. The summed E-state index contributed by atoms with van der Waals surface area (Å²) in [4.78, 5) is 0. The Bertz CT molecular complexity index is 1300. The van der Waals surface area contributed by atoms with Crippen molar-refractivity contribution in [3.63, 3.8) is 0 Å². The average Bonchev–Trinajstić information content (AvgIpc) is 2.85. The fourth-order valence-electron chi connectivity index (χ4n) is 4.73. The highest BCUT2D eigenvalue weighted by molar-refractivity contribution is 5.66. The Morgan fingerprint density at radius 1 is 0.865 bits per heavy atom. The van der Waals surface area contributed by atoms with Crippen molar-refractivity contribution in [2.75, 3.05) is 0 Å². The van der Waals surface area contributed by atoms with E-state index in [9.17, 15) is 26.3 Å². The van der Waals surface area contributed by atoms with Gasteiger partial charge in [-0.3, -0.25) is 0 Å². The van der Waals surface area contributed by atoms with E-state index in [1.807, 2.05) is 0 Å². The van der Waals surface area contributed by atoms with Crippen LogP contribution in [0.15, 0.2) is 48.5 Å². The second kappa shape index (κ2) is 10.9. The largest absolute Gasteiger partial charge is 0.426 e. The van der Waals surface area contributed by atoms with Crippen molar-refractivity contribution in [1.29, 1.82) is 5.26 Å². The maximum Gasteiger partial charge on any atom is 0.426 e. The number of alkyl halides is 2. The fourth-order valence-corrected chi connectivity index (χ4v) is 4.73. The number of rotatable bonds is 7. The van der Waals surface area contributed by atoms with Gasteiger partial charge in [-0.15, -0.1) is 0 Å². The molecular formula is C29H25F6NO. The van der Waals surface area contributed by atoms with Crippen LogP contribution >= 0.6 is 0 Å². The lowest BCUT2D eigenvalue weighted by molar-refractivity contribution is -0.187. The van der Waals surface area contributed by atoms with Crippen molar-refractivity contribution < 1.29 is 31.1 Å². The maximum absolute atomic E-state index is 14.8. The second-order valence-electron chi connectivity index (χ2n) is 9.67. The number of halogens is 6. The van der Waals surface area contributed by atoms with E-state index < -0.39 is 46.3 Å². The molecule has 0 amide bonds. The molecule has 1 aliphatic carbocycles. The molecule has 0 aromatic heterocycles. The summed E-state index contributed by atoms with van der Waals surface area (Å²) in [5.74, 6) is -3.93. The molecule has 1 saturated carbocycles. The third-order valence-corrected chi connectivity index (χ3v) is 6.98. The summed E-state index contributed by atoms with van der Waals surface area (Å²) in [6.07, 6.45) is 2.11. The van der Waals surface area contributed by atoms with Crippen molar-refractivity contribution in [3.05, 3.63) is 88.5 Å². The Kier molecular flexibility index (Phi) is 7.82. The maximum atomic E-state index is 14.8. The van der Waals surface area contributed by atoms with Crippen LogP contribution in [0.5, 0.6) is 5.75 Å². The summed E-state index contributed by atoms with van der Waals surface area (Å²) in [7, 11) is 0. The van der Waals surface area contributed by atoms with Crippen molar-refractivity contribution in [1.82, 2.24) is 0 Å². The van der Waals surface area contributed by atoms with Gasteiger partial charge in [-0.1, -0.05) is 44.7 Å². The number of ether oxygens (including phenoxy) is 1. The van der Waals surface area contributed by atoms with Gasteiger partial charge in [0.2, 0.25) is 0 Å². The molecule has 3 aromatic rings. The molecule has 2 nitrogen and oxygen atoms in total. The predicted molar refractivity (Wildman–Crippen MR) is 127 cm³/mol. The lowest BCUT2D eigenvalue weighted by atomic mass is 9.80. The van der Waals surface area contributed by atoms with Crippen molar-refractivity contribution >= 4 is 0 Å². The van der Waals surface area contributed by atoms with Crippen LogP contribution in [0.3, 0.4) is 0 Å². The number of hydrogen-bond donors (Lipinski definition) is 0. The zero-order valence-electron chi connectivity index (χ0n) is 20.1. The second-order valence-corrected chi connectivity index (χ2v) is 9.67. The number of hydrogen-bond acceptors (Lipinski definition) is 2. The van der Waals surface area contributed by atoms with Crippen LogP contribution in [0.1, 0.15) is 55.7 Å². The molecular weight excluding hydrogens is 492 g/mol. The van der Waals surface area contributed by atoms with Crippen LogP contribution < -0.4 is 4.74 Å². The minimum absolute atomic E-state index is 0.272. The molecule has 0 bridgehead atoms. The molecule has 1 fully saturated rings. The first-order chi connectivity index (χ1) is 17.6. The lowest BCUT2D eigenvalue weighted by Crippen LogP contribution is -2.22. The quantitative estimate of drug-likeness (QED) is 0.294. The summed E-state index contributed by atoms with van der Waals surface area (Å²) in [6.45, 7) is 2.24. The third kappa shape index (κ3) is 6.10. The molecule has 194 valence electrons. The minimum atomic E-state index is -4.08. The Morgan fingerprint density at radius 3 is 2.14 bits per heavy atom. The number of nitriles is 1. The van der Waals surface area contributed by atoms with E-state index in [1.54, 1.807) is 0 Å². The molecule has 0 radical (unpaired) electrons. The highest BCUT2D eigenvalue weighted by Gasteiger charge is 2.36. The molecule has 0 saturated heterocycles. The first-order valence-electron chi connectivity index (χ1n) is 12.1. The van der Waals surface area contributed by atoms with Gasteiger partial charge in [0.05, 0.1) is 5.56 Å². The Morgan fingerprint density at radius 2 is 1.54 bits per heavy atom. The van der Waals surface area contributed by atoms with Gasteiger partial charge in [-0.25, -0.2) is 17.6 Å². The molecule has 3 aromatic carbocycles. The van der Waals surface area contributed by atoms with Crippen LogP contribution in [-0.2, 0) is 12.5 Å². The van der Waals surface area contributed by atoms with Gasteiger partial charge in [0.25, 0.3) is 0 Å². The molecule has 8 heteroatoms. The van der Waals surface area contributed by atoms with E-state index in [0.717, 1.165) is 55.5 Å². The van der Waals surface area contributed by atoms with E-state index in [4.69, 9.17) is 5.26 Å². The standard InChI is InChI=1S/C29H25F6NO/c1-17-2-4-18(5-3-17)6-7-19-8-11-28(27(33)12-19)37-29(34,35)21-9-10-22(26(32)15-21)20-13-24(30)23(16-36)25(31)14-20/h8-15,17-18H,2-7H2,1H3. The van der Waals surface area contributed by atoms with E-state index in [2.05, 4.69) is 11.7 Å². The summed E-state index contributed by atoms with van der Waals surface area (Å²) in [6, 6.07) is 8.86. The van der Waals surface area contributed by atoms with Gasteiger partial charge in [0, 0.05) is 5.56 Å². The van der Waals surface area contributed by atoms with Gasteiger partial charge >= 0.3 is 6.11 Å². The highest BCUT2D eigenvalue weighted by atomic mass is 19.3. The van der Waals surface area contributed by atoms with Crippen molar-refractivity contribution in [2.45, 2.75) is 51.6 Å². The van der Waals surface area contributed by atoms with Gasteiger partial charge in [-0.2, -0.15) is 14.0 Å². The van der Waals surface area contributed by atoms with Gasteiger partial charge in [0.15, 0.2) is 11.6 Å². The molecule has 0 N–H and O–H groups in total. The van der Waals surface area contributed by atoms with E-state index in [0.29, 0.717) is 24.0 Å². The summed E-state index contributed by atoms with van der Waals surface area (Å²) in [5.41, 5.74) is -1.68. The molecule has 0 aliphatic heterocycles. The topological polar surface area (TPSA) is 33.0 Å². The lowest BCUT2D eigenvalue weighted by Gasteiger charge is -2.26. The van der Waals surface area contributed by atoms with Crippen LogP contribution in [-0.4, -0.2) is 0 Å². The number of aryl methyl sites for hydroxylation is 1. The highest BCUT2D eigenvalue weighted by Crippen LogP contribution is 2.36. The Balaban J connectivity index is 1.47. The van der Waals surface area contributed by atoms with E-state index >= 15 is 0 Å². The van der Waals surface area contributed by atoms with Crippen molar-refractivity contribution in [2.24, 2.45) is 11.8 Å². The molecule has 0 spiro atoms. The monoisotopic (exact) mass is 517 g/mol. The summed E-state index contributed by atoms with van der Waals surface area (Å²) >= 11 is 0. The number of benzene rings is 3. The first kappa shape index (κ1) is 26.6. The molecule has 0 unspecified atom stereocenters. The zero-order chi connectivity index (χ0) is 26.7. The average molecular weight is 518 g/mol. The van der Waals surface area contributed by atoms with Gasteiger partial charge in [0.1, 0.15) is 29.1 Å². The van der Waals surface area contributed by atoms with Crippen LogP contribution in [0.2, 0.25) is 0 Å².